The second kappa shape index (κ2) is 49.5. The van der Waals surface area contributed by atoms with Crippen LogP contribution in [0.4, 0.5) is 5.69 Å². The molecule has 0 bridgehead atoms. The van der Waals surface area contributed by atoms with Crippen molar-refractivity contribution in [3.63, 3.8) is 0 Å². The molecule has 7 aromatic carbocycles. The molecule has 0 saturated heterocycles. The van der Waals surface area contributed by atoms with E-state index < -0.39 is 0 Å². The standard InChI is InChI=1S/C19H21N5.C10H14N2.2C9H9N3O.2C9H7N3O.C9H9N3O.C6H5N3.3CH4.Y/c1-23(18-11-5-7-15-8-6-12-20-19(15)18)13-16-14-24(22-21-16)17-9-3-2-4-10-17;1-11-9-6-2-4-8-5-3-7-12-10(8)9;4*13-7-8-6-12(11-10-8)9-4-2-1-3-5-9;13-7-9-6-10-11-12(9)8-4-2-1-3-5-8;7-9-8-6-4-2-1-3-5-6;;;;/h2-4,6,8-10,12,14,18H,5,7,11,13H2,1H3;3,5,7,9,11H,2,4,6H2,1H3;2*1-6,13H,7H2;2*1-7H;1-6,13H,7H2;1-5H;3*1H4;. The largest absolute Gasteiger partial charge is 0.390 e. The molecule has 8 aromatic heterocycles. The van der Waals surface area contributed by atoms with Crippen LogP contribution in [0.2, 0.25) is 0 Å². The topological polar surface area (TPSA) is 369 Å². The summed E-state index contributed by atoms with van der Waals surface area (Å²) in [5, 5.41) is 79.6. The van der Waals surface area contributed by atoms with Gasteiger partial charge in [0, 0.05) is 68.3 Å². The zero-order valence-corrected chi connectivity index (χ0v) is 63.8. The van der Waals surface area contributed by atoms with Crippen molar-refractivity contribution in [2.24, 2.45) is 5.11 Å². The average molecular weight is 1610 g/mol. The first-order chi connectivity index (χ1) is 54.2. The fourth-order valence-electron chi connectivity index (χ4n) is 11.3. The molecular weight excluding hydrogens is 1520 g/mol. The minimum absolute atomic E-state index is 0. The number of rotatable bonds is 16. The van der Waals surface area contributed by atoms with Gasteiger partial charge >= 0.3 is 0 Å². The summed E-state index contributed by atoms with van der Waals surface area (Å²) in [5.74, 6) is 0. The van der Waals surface area contributed by atoms with E-state index in [4.69, 9.17) is 20.9 Å². The fourth-order valence-corrected chi connectivity index (χ4v) is 11.3. The number of aryl methyl sites for hydroxylation is 2. The number of nitrogens with zero attached hydrogens (tertiary/aromatic N) is 24. The second-order valence-electron chi connectivity index (χ2n) is 24.2. The van der Waals surface area contributed by atoms with E-state index in [1.807, 2.05) is 243 Å². The van der Waals surface area contributed by atoms with Gasteiger partial charge in [-0.2, -0.15) is 0 Å². The number of para-hydroxylation sites is 6. The van der Waals surface area contributed by atoms with Gasteiger partial charge in [0.15, 0.2) is 12.6 Å². The maximum absolute atomic E-state index is 10.3. The number of azide groups is 1. The first kappa shape index (κ1) is 90.1. The van der Waals surface area contributed by atoms with Gasteiger partial charge in [-0.25, -0.2) is 28.1 Å². The number of aldehydes is 2. The second-order valence-corrected chi connectivity index (χ2v) is 24.2. The molecule has 0 amide bonds. The molecule has 114 heavy (non-hydrogen) atoms. The Balaban J connectivity index is 0.000000205. The fraction of sp³-hybridized carbons (Fsp3) is 0.205. The van der Waals surface area contributed by atoms with Gasteiger partial charge in [-0.05, 0) is 154 Å². The van der Waals surface area contributed by atoms with Crippen molar-refractivity contribution in [3.8, 4) is 34.1 Å². The SMILES string of the molecule is C.C.C.CN(Cc1cn(-c2ccccc2)nn1)C1CCCc2cccnc21.CNC1CCCc2cccnc21.O=Cc1cn(-c2ccccc2)nn1.O=Cc1cn(-c2ccccc2)nn1.OCc1cn(-c2ccccc2)nn1.OCc1cn(-c2ccccc2)nn1.OCc1cnnn1-c1ccccc1.[N-]=[N+]=Nc1ccccc1.[Y]. The third-order valence-corrected chi connectivity index (χ3v) is 16.7. The monoisotopic (exact) mass is 1610 g/mol. The Hall–Kier alpha value is -12.8. The minimum Gasteiger partial charge on any atom is -0.390 e. The Kier molecular flexibility index (Phi) is 39.1. The molecule has 0 saturated carbocycles. The summed E-state index contributed by atoms with van der Waals surface area (Å²) < 4.78 is 9.82. The molecule has 583 valence electrons. The molecule has 2 aliphatic rings. The molecule has 15 aromatic rings. The number of hydrogen-bond acceptors (Lipinski definition) is 22. The summed E-state index contributed by atoms with van der Waals surface area (Å²) >= 11 is 0. The van der Waals surface area contributed by atoms with E-state index in [9.17, 15) is 9.59 Å². The van der Waals surface area contributed by atoms with Crippen LogP contribution in [0, 0.1) is 0 Å². The maximum Gasteiger partial charge on any atom is 0.171 e. The normalized spacial score (nSPS) is 12.3. The Morgan fingerprint density at radius 3 is 1.22 bits per heavy atom. The zero-order valence-electron chi connectivity index (χ0n) is 61.0. The van der Waals surface area contributed by atoms with Gasteiger partial charge < -0.3 is 20.6 Å². The molecule has 2 unspecified atom stereocenters. The maximum atomic E-state index is 10.3. The molecule has 2 atom stereocenters. The van der Waals surface area contributed by atoms with Crippen LogP contribution in [-0.2, 0) is 71.9 Å². The molecular formula is C83H93N25O5Y. The van der Waals surface area contributed by atoms with E-state index >= 15 is 0 Å². The third kappa shape index (κ3) is 27.3. The summed E-state index contributed by atoms with van der Waals surface area (Å²) in [4.78, 5) is 34.7. The van der Waals surface area contributed by atoms with Crippen molar-refractivity contribution in [2.45, 2.75) is 99.3 Å². The number of carbonyl (C=O) groups is 2. The van der Waals surface area contributed by atoms with Crippen molar-refractivity contribution in [2.75, 3.05) is 14.1 Å². The van der Waals surface area contributed by atoms with Crippen LogP contribution in [-0.4, -0.2) is 147 Å². The first-order valence-electron chi connectivity index (χ1n) is 35.1. The van der Waals surface area contributed by atoms with Gasteiger partial charge in [0.1, 0.15) is 22.8 Å². The predicted octanol–water partition coefficient (Wildman–Crippen LogP) is 13.8. The Morgan fingerprint density at radius 2 is 0.833 bits per heavy atom. The van der Waals surface area contributed by atoms with E-state index in [2.05, 4.69) is 111 Å². The number of aromatic nitrogens is 20. The van der Waals surface area contributed by atoms with Crippen LogP contribution in [0.3, 0.4) is 0 Å². The smallest absolute Gasteiger partial charge is 0.171 e. The summed E-state index contributed by atoms with van der Waals surface area (Å²) in [7, 11) is 4.16. The zero-order chi connectivity index (χ0) is 76.8. The van der Waals surface area contributed by atoms with E-state index in [1.54, 1.807) is 66.5 Å². The Labute approximate surface area is 687 Å². The van der Waals surface area contributed by atoms with Crippen LogP contribution < -0.4 is 5.32 Å². The molecule has 31 heteroatoms. The van der Waals surface area contributed by atoms with E-state index in [1.165, 1.54) is 48.2 Å². The van der Waals surface area contributed by atoms with Crippen LogP contribution >= 0.6 is 0 Å². The van der Waals surface area contributed by atoms with E-state index in [0.29, 0.717) is 58.8 Å². The third-order valence-electron chi connectivity index (χ3n) is 16.7. The van der Waals surface area contributed by atoms with Crippen molar-refractivity contribution in [3.05, 3.63) is 353 Å². The molecule has 1 radical (unpaired) electrons. The van der Waals surface area contributed by atoms with Gasteiger partial charge in [0.05, 0.1) is 120 Å². The van der Waals surface area contributed by atoms with Gasteiger partial charge in [0.25, 0.3) is 0 Å². The predicted molar refractivity (Wildman–Crippen MR) is 432 cm³/mol. The number of carbonyl (C=O) groups excluding carboxylic acids is 2. The van der Waals surface area contributed by atoms with Crippen molar-refractivity contribution < 1.29 is 57.6 Å². The van der Waals surface area contributed by atoms with Crippen molar-refractivity contribution in [1.29, 1.82) is 0 Å². The number of pyridine rings is 2. The molecule has 0 fully saturated rings. The summed E-state index contributed by atoms with van der Waals surface area (Å²) in [5.41, 5.74) is 23.0. The van der Waals surface area contributed by atoms with Gasteiger partial charge in [-0.15, -0.1) is 30.6 Å². The number of benzene rings is 7. The van der Waals surface area contributed by atoms with Crippen molar-refractivity contribution >= 4 is 18.3 Å². The van der Waals surface area contributed by atoms with Crippen LogP contribution in [0.15, 0.2) is 291 Å². The number of fused-ring (bicyclic) bond motifs is 2. The van der Waals surface area contributed by atoms with Crippen LogP contribution in [0.1, 0.15) is 126 Å². The first-order valence-corrected chi connectivity index (χ1v) is 35.1. The van der Waals surface area contributed by atoms with Crippen molar-refractivity contribution in [1.82, 2.24) is 110 Å². The van der Waals surface area contributed by atoms with E-state index in [-0.39, 0.29) is 74.8 Å². The number of aliphatic hydroxyl groups is 3. The summed E-state index contributed by atoms with van der Waals surface area (Å²) in [6, 6.07) is 76.3. The molecule has 30 nitrogen and oxygen atoms in total. The minimum atomic E-state index is -0.0766. The Bertz CT molecular complexity index is 5030. The average Bonchev–Trinajstić information content (AvgIpc) is 0.919. The molecule has 4 N–H and O–H groups in total. The Morgan fingerprint density at radius 1 is 0.465 bits per heavy atom. The van der Waals surface area contributed by atoms with Gasteiger partial charge in [-0.3, -0.25) is 24.5 Å². The number of hydrogen-bond donors (Lipinski definition) is 4. The molecule has 8 heterocycles. The molecule has 2 aliphatic carbocycles. The number of nitrogens with one attached hydrogen (secondary N) is 1. The van der Waals surface area contributed by atoms with E-state index in [0.717, 1.165) is 59.2 Å². The van der Waals surface area contributed by atoms with Crippen LogP contribution in [0.5, 0.6) is 0 Å². The van der Waals surface area contributed by atoms with Crippen LogP contribution in [0.25, 0.3) is 44.6 Å². The quantitative estimate of drug-likeness (QED) is 0.0302. The summed E-state index contributed by atoms with van der Waals surface area (Å²) in [6.07, 6.45) is 22.5. The molecule has 0 aliphatic heterocycles. The number of aliphatic hydroxyl groups excluding tert-OH is 3. The molecule has 17 rings (SSSR count). The van der Waals surface area contributed by atoms with Gasteiger partial charge in [-0.1, -0.05) is 210 Å². The molecule has 0 spiro atoms. The summed E-state index contributed by atoms with van der Waals surface area (Å²) in [6.45, 7) is 0.565. The van der Waals surface area contributed by atoms with Gasteiger partial charge in [0.2, 0.25) is 0 Å².